The van der Waals surface area contributed by atoms with Gasteiger partial charge in [-0.15, -0.1) is 0 Å². The van der Waals surface area contributed by atoms with Gasteiger partial charge in [0, 0.05) is 19.7 Å². The predicted molar refractivity (Wildman–Crippen MR) is 73.9 cm³/mol. The first-order chi connectivity index (χ1) is 8.86. The molecule has 4 heteroatoms. The van der Waals surface area contributed by atoms with Gasteiger partial charge in [-0.2, -0.15) is 0 Å². The maximum Gasteiger partial charge on any atom is 0.410 e. The third kappa shape index (κ3) is 3.62. The van der Waals surface area contributed by atoms with Crippen LogP contribution in [0.5, 0.6) is 0 Å². The quantitative estimate of drug-likeness (QED) is 0.857. The number of rotatable bonds is 3. The van der Waals surface area contributed by atoms with Crippen molar-refractivity contribution in [2.45, 2.75) is 58.5 Å². The first-order valence-electron chi connectivity index (χ1n) is 7.45. The summed E-state index contributed by atoms with van der Waals surface area (Å²) in [5.41, 5.74) is -0.0775. The molecular weight excluding hydrogens is 242 g/mol. The molecular formula is C15H27NO3. The largest absolute Gasteiger partial charge is 0.444 e. The second-order valence-electron chi connectivity index (χ2n) is 7.13. The fourth-order valence-corrected chi connectivity index (χ4v) is 3.32. The fraction of sp³-hybridized carbons (Fsp3) is 0.933. The van der Waals surface area contributed by atoms with Gasteiger partial charge < -0.3 is 14.7 Å². The van der Waals surface area contributed by atoms with Gasteiger partial charge in [-0.05, 0) is 64.2 Å². The number of piperidine rings is 1. The van der Waals surface area contributed by atoms with Gasteiger partial charge in [-0.25, -0.2) is 4.79 Å². The van der Waals surface area contributed by atoms with E-state index < -0.39 is 5.60 Å². The SMILES string of the molecule is CC(C)(C)OC(=O)N1CCCC2(CC2CCCO)C1. The molecule has 4 nitrogen and oxygen atoms in total. The Morgan fingerprint density at radius 3 is 2.84 bits per heavy atom. The summed E-state index contributed by atoms with van der Waals surface area (Å²) in [7, 11) is 0. The second-order valence-corrected chi connectivity index (χ2v) is 7.13. The third-order valence-electron chi connectivity index (χ3n) is 4.33. The minimum Gasteiger partial charge on any atom is -0.444 e. The average Bonchev–Trinajstić information content (AvgIpc) is 2.96. The van der Waals surface area contributed by atoms with Crippen LogP contribution in [-0.2, 0) is 4.74 Å². The zero-order chi connectivity index (χ0) is 14.1. The molecule has 0 aromatic heterocycles. The predicted octanol–water partition coefficient (Wildman–Crippen LogP) is 2.80. The highest BCUT2D eigenvalue weighted by Gasteiger charge is 2.55. The molecule has 2 fully saturated rings. The molecule has 19 heavy (non-hydrogen) atoms. The number of hydrogen-bond donors (Lipinski definition) is 1. The minimum absolute atomic E-state index is 0.167. The van der Waals surface area contributed by atoms with Crippen LogP contribution < -0.4 is 0 Å². The molecule has 0 aromatic rings. The van der Waals surface area contributed by atoms with Crippen LogP contribution in [0.15, 0.2) is 0 Å². The van der Waals surface area contributed by atoms with Crippen molar-refractivity contribution >= 4 is 6.09 Å². The van der Waals surface area contributed by atoms with E-state index in [9.17, 15) is 4.79 Å². The Bertz CT molecular complexity index is 337. The molecule has 1 aliphatic heterocycles. The number of nitrogens with zero attached hydrogens (tertiary/aromatic N) is 1. The summed E-state index contributed by atoms with van der Waals surface area (Å²) in [6, 6.07) is 0. The van der Waals surface area contributed by atoms with E-state index in [1.54, 1.807) is 0 Å². The van der Waals surface area contributed by atoms with Crippen LogP contribution in [0.1, 0.15) is 52.9 Å². The minimum atomic E-state index is -0.415. The number of aliphatic hydroxyl groups excluding tert-OH is 1. The van der Waals surface area contributed by atoms with E-state index in [4.69, 9.17) is 9.84 Å². The van der Waals surface area contributed by atoms with Gasteiger partial charge in [0.15, 0.2) is 0 Å². The zero-order valence-corrected chi connectivity index (χ0v) is 12.4. The maximum absolute atomic E-state index is 12.1. The van der Waals surface area contributed by atoms with Crippen molar-refractivity contribution in [3.63, 3.8) is 0 Å². The Morgan fingerprint density at radius 2 is 2.21 bits per heavy atom. The number of aliphatic hydroxyl groups is 1. The van der Waals surface area contributed by atoms with Gasteiger partial charge in [-0.3, -0.25) is 0 Å². The van der Waals surface area contributed by atoms with E-state index in [2.05, 4.69) is 0 Å². The molecule has 1 aliphatic carbocycles. The number of likely N-dealkylation sites (tertiary alicyclic amines) is 1. The molecule has 0 radical (unpaired) electrons. The number of carbonyl (C=O) groups is 1. The molecule has 0 aromatic carbocycles. The van der Waals surface area contributed by atoms with Gasteiger partial charge in [-0.1, -0.05) is 0 Å². The van der Waals surface area contributed by atoms with Crippen LogP contribution >= 0.6 is 0 Å². The summed E-state index contributed by atoms with van der Waals surface area (Å²) in [6.45, 7) is 7.67. The van der Waals surface area contributed by atoms with E-state index in [-0.39, 0.29) is 12.7 Å². The van der Waals surface area contributed by atoms with Crippen LogP contribution in [0.4, 0.5) is 4.79 Å². The standard InChI is InChI=1S/C15H27NO3/c1-14(2,3)19-13(18)16-8-5-7-15(11-16)10-12(15)6-4-9-17/h12,17H,4-11H2,1-3H3. The smallest absolute Gasteiger partial charge is 0.410 e. The van der Waals surface area contributed by atoms with E-state index in [0.29, 0.717) is 11.3 Å². The average molecular weight is 269 g/mol. The van der Waals surface area contributed by atoms with Gasteiger partial charge in [0.1, 0.15) is 5.60 Å². The number of amides is 1. The summed E-state index contributed by atoms with van der Waals surface area (Å²) < 4.78 is 5.46. The summed E-state index contributed by atoms with van der Waals surface area (Å²) in [5, 5.41) is 8.91. The monoisotopic (exact) mass is 269 g/mol. The summed E-state index contributed by atoms with van der Waals surface area (Å²) in [6.07, 6.45) is 5.33. The van der Waals surface area contributed by atoms with Crippen molar-refractivity contribution in [3.05, 3.63) is 0 Å². The third-order valence-corrected chi connectivity index (χ3v) is 4.33. The van der Waals surface area contributed by atoms with Crippen LogP contribution in [0, 0.1) is 11.3 Å². The molecule has 110 valence electrons. The molecule has 1 saturated carbocycles. The highest BCUT2D eigenvalue weighted by atomic mass is 16.6. The lowest BCUT2D eigenvalue weighted by Crippen LogP contribution is -2.44. The molecule has 1 heterocycles. The lowest BCUT2D eigenvalue weighted by Gasteiger charge is -2.35. The Hall–Kier alpha value is -0.770. The van der Waals surface area contributed by atoms with Crippen molar-refractivity contribution in [2.75, 3.05) is 19.7 Å². The van der Waals surface area contributed by atoms with E-state index in [1.807, 2.05) is 25.7 Å². The Morgan fingerprint density at radius 1 is 1.47 bits per heavy atom. The molecule has 2 atom stereocenters. The lowest BCUT2D eigenvalue weighted by molar-refractivity contribution is 0.0135. The zero-order valence-electron chi connectivity index (χ0n) is 12.4. The maximum atomic E-state index is 12.1. The highest BCUT2D eigenvalue weighted by Crippen LogP contribution is 2.59. The first kappa shape index (κ1) is 14.6. The molecule has 0 bridgehead atoms. The van der Waals surface area contributed by atoms with E-state index in [0.717, 1.165) is 32.4 Å². The lowest BCUT2D eigenvalue weighted by atomic mass is 9.91. The van der Waals surface area contributed by atoms with E-state index in [1.165, 1.54) is 12.8 Å². The Balaban J connectivity index is 1.87. The van der Waals surface area contributed by atoms with E-state index >= 15 is 0 Å². The Labute approximate surface area is 116 Å². The summed E-state index contributed by atoms with van der Waals surface area (Å²) >= 11 is 0. The van der Waals surface area contributed by atoms with Crippen LogP contribution in [0.2, 0.25) is 0 Å². The molecule has 1 amide bonds. The van der Waals surface area contributed by atoms with Crippen molar-refractivity contribution in [3.8, 4) is 0 Å². The topological polar surface area (TPSA) is 49.8 Å². The number of carbonyl (C=O) groups excluding carboxylic acids is 1. The van der Waals surface area contributed by atoms with Crippen molar-refractivity contribution in [1.29, 1.82) is 0 Å². The van der Waals surface area contributed by atoms with Crippen molar-refractivity contribution in [1.82, 2.24) is 4.90 Å². The summed E-state index contributed by atoms with van der Waals surface area (Å²) in [4.78, 5) is 14.0. The van der Waals surface area contributed by atoms with Crippen LogP contribution in [-0.4, -0.2) is 41.4 Å². The van der Waals surface area contributed by atoms with Gasteiger partial charge in [0.2, 0.25) is 0 Å². The molecule has 2 rings (SSSR count). The normalized spacial score (nSPS) is 30.5. The molecule has 1 spiro atoms. The molecule has 1 saturated heterocycles. The van der Waals surface area contributed by atoms with Gasteiger partial charge in [0.25, 0.3) is 0 Å². The van der Waals surface area contributed by atoms with Crippen LogP contribution in [0.25, 0.3) is 0 Å². The van der Waals surface area contributed by atoms with Crippen molar-refractivity contribution in [2.24, 2.45) is 11.3 Å². The van der Waals surface area contributed by atoms with Crippen molar-refractivity contribution < 1.29 is 14.6 Å². The fourth-order valence-electron chi connectivity index (χ4n) is 3.32. The highest BCUT2D eigenvalue weighted by molar-refractivity contribution is 5.68. The number of hydrogen-bond acceptors (Lipinski definition) is 3. The van der Waals surface area contributed by atoms with Gasteiger partial charge in [0.05, 0.1) is 0 Å². The summed E-state index contributed by atoms with van der Waals surface area (Å²) in [5.74, 6) is 0.699. The molecule has 2 aliphatic rings. The number of ether oxygens (including phenoxy) is 1. The first-order valence-corrected chi connectivity index (χ1v) is 7.45. The molecule has 1 N–H and O–H groups in total. The van der Waals surface area contributed by atoms with Gasteiger partial charge >= 0.3 is 6.09 Å². The Kier molecular flexibility index (Phi) is 4.09. The van der Waals surface area contributed by atoms with Crippen LogP contribution in [0.3, 0.4) is 0 Å². The second kappa shape index (κ2) is 5.31. The molecule has 2 unspecified atom stereocenters.